The van der Waals surface area contributed by atoms with E-state index < -0.39 is 0 Å². The van der Waals surface area contributed by atoms with E-state index >= 15 is 0 Å². The van der Waals surface area contributed by atoms with Gasteiger partial charge in [0.2, 0.25) is 0 Å². The van der Waals surface area contributed by atoms with Crippen LogP contribution in [0.4, 0.5) is 0 Å². The molecule has 0 aromatic rings. The van der Waals surface area contributed by atoms with E-state index in [9.17, 15) is 5.11 Å². The zero-order chi connectivity index (χ0) is 13.8. The van der Waals surface area contributed by atoms with Gasteiger partial charge in [0, 0.05) is 14.2 Å². The lowest BCUT2D eigenvalue weighted by atomic mass is 10.0. The molecule has 0 aliphatic heterocycles. The van der Waals surface area contributed by atoms with E-state index in [0.29, 0.717) is 0 Å². The molecular weight excluding hydrogens is 236 g/mol. The first-order valence-corrected chi connectivity index (χ1v) is 6.54. The van der Waals surface area contributed by atoms with Crippen LogP contribution in [0.2, 0.25) is 0 Å². The molecule has 0 heterocycles. The van der Waals surface area contributed by atoms with Crippen molar-refractivity contribution in [3.63, 3.8) is 0 Å². The van der Waals surface area contributed by atoms with Crippen molar-refractivity contribution in [1.29, 1.82) is 0 Å². The molecule has 0 saturated carbocycles. The largest absolute Gasteiger partial charge is 0.393 e. The fourth-order valence-corrected chi connectivity index (χ4v) is 1.79. The Hall–Kier alpha value is -0.200. The highest BCUT2D eigenvalue weighted by molar-refractivity contribution is 4.70. The van der Waals surface area contributed by atoms with E-state index in [1.807, 2.05) is 0 Å². The molecule has 110 valence electrons. The molecule has 0 saturated heterocycles. The lowest BCUT2D eigenvalue weighted by Gasteiger charge is -2.26. The molecule has 1 unspecified atom stereocenters. The SMILES string of the molecule is CC[C@@H](OCOC)[C@@H](CCCC(C)O)OCOC. The average molecular weight is 264 g/mol. The Balaban J connectivity index is 4.14. The summed E-state index contributed by atoms with van der Waals surface area (Å²) < 4.78 is 21.1. The van der Waals surface area contributed by atoms with Gasteiger partial charge in [0.05, 0.1) is 18.3 Å². The third kappa shape index (κ3) is 8.83. The third-order valence-corrected chi connectivity index (χ3v) is 2.73. The fraction of sp³-hybridized carbons (Fsp3) is 1.00. The molecule has 0 bridgehead atoms. The molecule has 0 spiro atoms. The fourth-order valence-electron chi connectivity index (χ4n) is 1.79. The second-order valence-electron chi connectivity index (χ2n) is 4.41. The summed E-state index contributed by atoms with van der Waals surface area (Å²) in [6, 6.07) is 0. The van der Waals surface area contributed by atoms with Gasteiger partial charge in [0.1, 0.15) is 13.6 Å². The van der Waals surface area contributed by atoms with E-state index in [0.717, 1.165) is 25.7 Å². The Bertz CT molecular complexity index is 175. The molecule has 3 atom stereocenters. The summed E-state index contributed by atoms with van der Waals surface area (Å²) in [4.78, 5) is 0. The lowest BCUT2D eigenvalue weighted by Crippen LogP contribution is -2.32. The minimum absolute atomic E-state index is 0.00546. The van der Waals surface area contributed by atoms with Gasteiger partial charge in [-0.2, -0.15) is 0 Å². The number of rotatable bonds is 12. The van der Waals surface area contributed by atoms with Gasteiger partial charge in [-0.1, -0.05) is 6.92 Å². The van der Waals surface area contributed by atoms with Crippen LogP contribution in [0.15, 0.2) is 0 Å². The topological polar surface area (TPSA) is 57.2 Å². The average Bonchev–Trinajstić information content (AvgIpc) is 2.35. The Morgan fingerprint density at radius 3 is 1.94 bits per heavy atom. The normalized spacial score (nSPS) is 16.5. The molecule has 18 heavy (non-hydrogen) atoms. The molecule has 0 aliphatic rings. The molecule has 0 rings (SSSR count). The van der Waals surface area contributed by atoms with E-state index in [-0.39, 0.29) is 31.9 Å². The summed E-state index contributed by atoms with van der Waals surface area (Å²) in [5.41, 5.74) is 0. The highest BCUT2D eigenvalue weighted by atomic mass is 16.7. The van der Waals surface area contributed by atoms with Crippen molar-refractivity contribution in [2.45, 2.75) is 57.8 Å². The molecule has 5 heteroatoms. The van der Waals surface area contributed by atoms with Crippen molar-refractivity contribution in [1.82, 2.24) is 0 Å². The second-order valence-corrected chi connectivity index (χ2v) is 4.41. The molecule has 0 aromatic carbocycles. The van der Waals surface area contributed by atoms with E-state index in [1.165, 1.54) is 0 Å². The van der Waals surface area contributed by atoms with Gasteiger partial charge in [-0.05, 0) is 32.6 Å². The molecule has 5 nitrogen and oxygen atoms in total. The lowest BCUT2D eigenvalue weighted by molar-refractivity contribution is -0.160. The van der Waals surface area contributed by atoms with Crippen LogP contribution in [0, 0.1) is 0 Å². The number of aliphatic hydroxyl groups excluding tert-OH is 1. The maximum absolute atomic E-state index is 9.26. The van der Waals surface area contributed by atoms with Crippen LogP contribution in [0.25, 0.3) is 0 Å². The van der Waals surface area contributed by atoms with E-state index in [1.54, 1.807) is 21.1 Å². The van der Waals surface area contributed by atoms with Crippen LogP contribution in [-0.2, 0) is 18.9 Å². The van der Waals surface area contributed by atoms with Crippen LogP contribution < -0.4 is 0 Å². The van der Waals surface area contributed by atoms with E-state index in [4.69, 9.17) is 18.9 Å². The van der Waals surface area contributed by atoms with Gasteiger partial charge in [-0.15, -0.1) is 0 Å². The minimum Gasteiger partial charge on any atom is -0.393 e. The molecule has 0 aliphatic carbocycles. The van der Waals surface area contributed by atoms with Gasteiger partial charge >= 0.3 is 0 Å². The van der Waals surface area contributed by atoms with Crippen molar-refractivity contribution < 1.29 is 24.1 Å². The number of aliphatic hydroxyl groups is 1. The maximum atomic E-state index is 9.26. The quantitative estimate of drug-likeness (QED) is 0.546. The van der Waals surface area contributed by atoms with Crippen LogP contribution in [0.3, 0.4) is 0 Å². The molecule has 0 fully saturated rings. The molecule has 1 N–H and O–H groups in total. The van der Waals surface area contributed by atoms with Crippen molar-refractivity contribution in [3.05, 3.63) is 0 Å². The van der Waals surface area contributed by atoms with Crippen LogP contribution in [-0.4, -0.2) is 51.2 Å². The van der Waals surface area contributed by atoms with Crippen molar-refractivity contribution >= 4 is 0 Å². The van der Waals surface area contributed by atoms with E-state index in [2.05, 4.69) is 6.92 Å². The summed E-state index contributed by atoms with van der Waals surface area (Å²) >= 11 is 0. The van der Waals surface area contributed by atoms with Crippen molar-refractivity contribution in [2.24, 2.45) is 0 Å². The smallest absolute Gasteiger partial charge is 0.146 e. The van der Waals surface area contributed by atoms with Gasteiger partial charge < -0.3 is 24.1 Å². The number of methoxy groups -OCH3 is 2. The minimum atomic E-state index is -0.270. The Kier molecular flexibility index (Phi) is 11.7. The maximum Gasteiger partial charge on any atom is 0.146 e. The Morgan fingerprint density at radius 2 is 1.50 bits per heavy atom. The van der Waals surface area contributed by atoms with Gasteiger partial charge in [-0.3, -0.25) is 0 Å². The Labute approximate surface area is 110 Å². The highest BCUT2D eigenvalue weighted by Gasteiger charge is 2.21. The number of hydrogen-bond acceptors (Lipinski definition) is 5. The molecule has 0 amide bonds. The van der Waals surface area contributed by atoms with Gasteiger partial charge in [-0.25, -0.2) is 0 Å². The first kappa shape index (κ1) is 17.8. The highest BCUT2D eigenvalue weighted by Crippen LogP contribution is 2.16. The standard InChI is InChI=1S/C13H28O5/c1-5-12(17-9-15-3)13(18-10-16-4)8-6-7-11(2)14/h11-14H,5-10H2,1-4H3/t11?,12-,13-/m1/s1. The first-order chi connectivity index (χ1) is 8.65. The van der Waals surface area contributed by atoms with Crippen molar-refractivity contribution in [2.75, 3.05) is 27.8 Å². The van der Waals surface area contributed by atoms with Crippen LogP contribution in [0.1, 0.15) is 39.5 Å². The summed E-state index contributed by atoms with van der Waals surface area (Å²) in [6.45, 7) is 4.37. The van der Waals surface area contributed by atoms with Crippen LogP contribution in [0.5, 0.6) is 0 Å². The summed E-state index contributed by atoms with van der Waals surface area (Å²) in [5.74, 6) is 0. The predicted octanol–water partition coefficient (Wildman–Crippen LogP) is 1.93. The van der Waals surface area contributed by atoms with Gasteiger partial charge in [0.15, 0.2) is 0 Å². The molecule has 0 aromatic heterocycles. The second kappa shape index (κ2) is 11.9. The number of ether oxygens (including phenoxy) is 4. The zero-order valence-electron chi connectivity index (χ0n) is 12.1. The summed E-state index contributed by atoms with van der Waals surface area (Å²) in [6.07, 6.45) is 3.07. The monoisotopic (exact) mass is 264 g/mol. The van der Waals surface area contributed by atoms with Crippen molar-refractivity contribution in [3.8, 4) is 0 Å². The zero-order valence-corrected chi connectivity index (χ0v) is 12.1. The summed E-state index contributed by atoms with van der Waals surface area (Å²) in [5, 5.41) is 9.26. The van der Waals surface area contributed by atoms with Crippen LogP contribution >= 0.6 is 0 Å². The van der Waals surface area contributed by atoms with Gasteiger partial charge in [0.25, 0.3) is 0 Å². The predicted molar refractivity (Wildman–Crippen MR) is 69.3 cm³/mol. The third-order valence-electron chi connectivity index (χ3n) is 2.73. The summed E-state index contributed by atoms with van der Waals surface area (Å²) in [7, 11) is 3.20. The number of hydrogen-bond donors (Lipinski definition) is 1. The molecular formula is C13H28O5. The Morgan fingerprint density at radius 1 is 0.944 bits per heavy atom. The molecule has 0 radical (unpaired) electrons. The first-order valence-electron chi connectivity index (χ1n) is 6.54.